The highest BCUT2D eigenvalue weighted by Crippen LogP contribution is 2.20. The van der Waals surface area contributed by atoms with Crippen LogP contribution in [0.1, 0.15) is 0 Å². The minimum Gasteiger partial charge on any atom is -0.339 e. The Morgan fingerprint density at radius 3 is 2.61 bits per heavy atom. The van der Waals surface area contributed by atoms with E-state index in [1.807, 2.05) is 30.3 Å². The molecule has 0 spiro atoms. The molecule has 0 fully saturated rings. The summed E-state index contributed by atoms with van der Waals surface area (Å²) in [5.74, 6) is 0.385. The molecule has 3 aromatic rings. The smallest absolute Gasteiger partial charge is 0.139 e. The molecule has 0 unspecified atom stereocenters. The molecule has 0 amide bonds. The van der Waals surface area contributed by atoms with Gasteiger partial charge >= 0.3 is 0 Å². The van der Waals surface area contributed by atoms with Crippen LogP contribution in [0.5, 0.6) is 0 Å². The fourth-order valence-corrected chi connectivity index (χ4v) is 2.11. The zero-order chi connectivity index (χ0) is 12.5. The van der Waals surface area contributed by atoms with Crippen LogP contribution in [0, 0.1) is 10.5 Å². The number of aromatic amines is 1. The molecule has 1 N–H and O–H groups in total. The van der Waals surface area contributed by atoms with Crippen molar-refractivity contribution in [2.24, 2.45) is 0 Å². The van der Waals surface area contributed by atoms with Gasteiger partial charge in [-0.1, -0.05) is 42.5 Å². The first kappa shape index (κ1) is 11.0. The lowest BCUT2D eigenvalue weighted by Crippen LogP contribution is -1.92. The average Bonchev–Trinajstić information content (AvgIpc) is 2.40. The van der Waals surface area contributed by atoms with E-state index in [4.69, 9.17) is 12.2 Å². The van der Waals surface area contributed by atoms with Gasteiger partial charge in [0.05, 0.1) is 5.52 Å². The Balaban J connectivity index is 2.29. The molecule has 2 aromatic carbocycles. The fraction of sp³-hybridized carbons (Fsp3) is 0. The maximum Gasteiger partial charge on any atom is 0.139 e. The van der Waals surface area contributed by atoms with Gasteiger partial charge in [0.1, 0.15) is 16.3 Å². The molecule has 0 radical (unpaired) electrons. The van der Waals surface area contributed by atoms with Gasteiger partial charge in [0.15, 0.2) is 0 Å². The Morgan fingerprint density at radius 2 is 1.83 bits per heavy atom. The second-order valence-corrected chi connectivity index (χ2v) is 4.33. The van der Waals surface area contributed by atoms with Crippen LogP contribution >= 0.6 is 12.2 Å². The van der Waals surface area contributed by atoms with Gasteiger partial charge in [0, 0.05) is 10.9 Å². The molecular weight excluding hydrogens is 247 g/mol. The van der Waals surface area contributed by atoms with E-state index in [1.54, 1.807) is 6.07 Å². The number of aromatic nitrogens is 2. The summed E-state index contributed by atoms with van der Waals surface area (Å²) in [6.07, 6.45) is 0. The number of fused-ring (bicyclic) bond motifs is 1. The van der Waals surface area contributed by atoms with Crippen molar-refractivity contribution in [3.8, 4) is 11.4 Å². The number of rotatable bonds is 1. The molecule has 0 saturated carbocycles. The van der Waals surface area contributed by atoms with Crippen molar-refractivity contribution in [1.29, 1.82) is 0 Å². The largest absolute Gasteiger partial charge is 0.339 e. The van der Waals surface area contributed by atoms with Crippen molar-refractivity contribution in [2.45, 2.75) is 0 Å². The molecule has 0 saturated heterocycles. The monoisotopic (exact) mass is 256 g/mol. The SMILES string of the molecule is Fc1ccc2[nH]c(-c3ccccc3)nc(=S)c2c1. The second-order valence-electron chi connectivity index (χ2n) is 3.95. The third-order valence-corrected chi connectivity index (χ3v) is 3.04. The van der Waals surface area contributed by atoms with Gasteiger partial charge in [-0.25, -0.2) is 9.37 Å². The Bertz CT molecular complexity index is 766. The van der Waals surface area contributed by atoms with Crippen molar-refractivity contribution in [3.05, 3.63) is 59.0 Å². The highest BCUT2D eigenvalue weighted by molar-refractivity contribution is 7.71. The minimum atomic E-state index is -0.309. The quantitative estimate of drug-likeness (QED) is 0.664. The third-order valence-electron chi connectivity index (χ3n) is 2.73. The van der Waals surface area contributed by atoms with Crippen LogP contribution in [0.15, 0.2) is 48.5 Å². The van der Waals surface area contributed by atoms with Crippen molar-refractivity contribution in [3.63, 3.8) is 0 Å². The topological polar surface area (TPSA) is 28.7 Å². The van der Waals surface area contributed by atoms with Gasteiger partial charge in [-0.3, -0.25) is 0 Å². The molecular formula is C14H9FN2S. The Labute approximate surface area is 108 Å². The summed E-state index contributed by atoms with van der Waals surface area (Å²) in [5.41, 5.74) is 1.74. The number of halogens is 1. The Kier molecular flexibility index (Phi) is 2.64. The predicted molar refractivity (Wildman–Crippen MR) is 72.3 cm³/mol. The number of hydrogen-bond acceptors (Lipinski definition) is 2. The summed E-state index contributed by atoms with van der Waals surface area (Å²) in [5, 5.41) is 0.629. The van der Waals surface area contributed by atoms with Crippen molar-refractivity contribution >= 4 is 23.1 Å². The third kappa shape index (κ3) is 1.91. The van der Waals surface area contributed by atoms with Crippen molar-refractivity contribution in [2.75, 3.05) is 0 Å². The summed E-state index contributed by atoms with van der Waals surface area (Å²) >= 11 is 5.20. The number of H-pyrrole nitrogens is 1. The predicted octanol–water partition coefficient (Wildman–Crippen LogP) is 4.10. The number of benzene rings is 2. The van der Waals surface area contributed by atoms with Crippen molar-refractivity contribution < 1.29 is 4.39 Å². The van der Waals surface area contributed by atoms with Gasteiger partial charge < -0.3 is 4.98 Å². The Morgan fingerprint density at radius 1 is 1.06 bits per heavy atom. The number of nitrogens with zero attached hydrogens (tertiary/aromatic N) is 1. The molecule has 1 heterocycles. The summed E-state index contributed by atoms with van der Waals surface area (Å²) < 4.78 is 13.6. The summed E-state index contributed by atoms with van der Waals surface area (Å²) in [7, 11) is 0. The maximum absolute atomic E-state index is 13.2. The van der Waals surface area contributed by atoms with Crippen LogP contribution in [-0.4, -0.2) is 9.97 Å². The van der Waals surface area contributed by atoms with Crippen LogP contribution in [0.2, 0.25) is 0 Å². The molecule has 0 aliphatic carbocycles. The Hall–Kier alpha value is -2.07. The van der Waals surface area contributed by atoms with Crippen LogP contribution in [0.3, 0.4) is 0 Å². The summed E-state index contributed by atoms with van der Waals surface area (Å²) in [6, 6.07) is 14.2. The van der Waals surface area contributed by atoms with Gasteiger partial charge in [-0.05, 0) is 18.2 Å². The lowest BCUT2D eigenvalue weighted by Gasteiger charge is -2.04. The minimum absolute atomic E-state index is 0.309. The van der Waals surface area contributed by atoms with Crippen LogP contribution in [0.25, 0.3) is 22.3 Å². The maximum atomic E-state index is 13.2. The van der Waals surface area contributed by atoms with E-state index in [2.05, 4.69) is 9.97 Å². The molecule has 0 aliphatic heterocycles. The molecule has 4 heteroatoms. The van der Waals surface area contributed by atoms with Gasteiger partial charge in [0.2, 0.25) is 0 Å². The summed E-state index contributed by atoms with van der Waals surface area (Å²) in [6.45, 7) is 0. The highest BCUT2D eigenvalue weighted by Gasteiger charge is 2.04. The molecule has 18 heavy (non-hydrogen) atoms. The molecule has 88 valence electrons. The van der Waals surface area contributed by atoms with Crippen LogP contribution in [0.4, 0.5) is 4.39 Å². The second kappa shape index (κ2) is 4.31. The lowest BCUT2D eigenvalue weighted by molar-refractivity contribution is 0.629. The van der Waals surface area contributed by atoms with E-state index in [0.29, 0.717) is 15.9 Å². The van der Waals surface area contributed by atoms with Gasteiger partial charge in [-0.15, -0.1) is 0 Å². The average molecular weight is 256 g/mol. The van der Waals surface area contributed by atoms with E-state index in [-0.39, 0.29) is 5.82 Å². The van der Waals surface area contributed by atoms with Gasteiger partial charge in [0.25, 0.3) is 0 Å². The van der Waals surface area contributed by atoms with Gasteiger partial charge in [-0.2, -0.15) is 0 Å². The standard InChI is InChI=1S/C14H9FN2S/c15-10-6-7-12-11(8-10)14(18)17-13(16-12)9-4-2-1-3-5-9/h1-8H,(H,16,17,18). The van der Waals surface area contributed by atoms with E-state index in [1.165, 1.54) is 12.1 Å². The first-order valence-corrected chi connectivity index (χ1v) is 5.90. The summed E-state index contributed by atoms with van der Waals surface area (Å²) in [4.78, 5) is 7.47. The molecule has 2 nitrogen and oxygen atoms in total. The van der Waals surface area contributed by atoms with E-state index < -0.39 is 0 Å². The van der Waals surface area contributed by atoms with Crippen LogP contribution in [-0.2, 0) is 0 Å². The normalized spacial score (nSPS) is 10.7. The molecule has 0 aliphatic rings. The van der Waals surface area contributed by atoms with Crippen LogP contribution < -0.4 is 0 Å². The molecule has 1 aromatic heterocycles. The zero-order valence-corrected chi connectivity index (χ0v) is 10.2. The fourth-order valence-electron chi connectivity index (χ4n) is 1.85. The molecule has 3 rings (SSSR count). The lowest BCUT2D eigenvalue weighted by atomic mass is 10.2. The number of hydrogen-bond donors (Lipinski definition) is 1. The first-order chi connectivity index (χ1) is 8.74. The van der Waals surface area contributed by atoms with E-state index >= 15 is 0 Å². The number of nitrogens with one attached hydrogen (secondary N) is 1. The zero-order valence-electron chi connectivity index (χ0n) is 9.35. The van der Waals surface area contributed by atoms with E-state index in [0.717, 1.165) is 11.1 Å². The van der Waals surface area contributed by atoms with E-state index in [9.17, 15) is 4.39 Å². The van der Waals surface area contributed by atoms with Crippen molar-refractivity contribution in [1.82, 2.24) is 9.97 Å². The molecule has 0 atom stereocenters. The first-order valence-electron chi connectivity index (χ1n) is 5.49. The highest BCUT2D eigenvalue weighted by atomic mass is 32.1. The molecule has 0 bridgehead atoms.